The standard InChI is InChI=1S/C16H24N2OS/c1-12(2)9-13(11-17)10-16(19)18-7-8-20-15-6-4-3-5-14(15)18/h3-6,12-13H,7-11,17H2,1-2H3. The van der Waals surface area contributed by atoms with Gasteiger partial charge in [0.05, 0.1) is 5.69 Å². The quantitative estimate of drug-likeness (QED) is 0.907. The number of hydrogen-bond acceptors (Lipinski definition) is 3. The first-order chi connectivity index (χ1) is 9.61. The number of anilines is 1. The van der Waals surface area contributed by atoms with Crippen LogP contribution in [0.2, 0.25) is 0 Å². The smallest absolute Gasteiger partial charge is 0.227 e. The molecule has 1 heterocycles. The first kappa shape index (κ1) is 15.4. The summed E-state index contributed by atoms with van der Waals surface area (Å²) in [6.45, 7) is 5.76. The minimum atomic E-state index is 0.217. The fraction of sp³-hybridized carbons (Fsp3) is 0.562. The third-order valence-electron chi connectivity index (χ3n) is 3.63. The lowest BCUT2D eigenvalue weighted by Gasteiger charge is -2.30. The Hall–Kier alpha value is -1.00. The Kier molecular flexibility index (Phi) is 5.49. The Morgan fingerprint density at radius 3 is 2.85 bits per heavy atom. The Balaban J connectivity index is 2.06. The zero-order chi connectivity index (χ0) is 14.5. The van der Waals surface area contributed by atoms with Crippen LogP contribution in [0.4, 0.5) is 5.69 Å². The van der Waals surface area contributed by atoms with Gasteiger partial charge in [-0.25, -0.2) is 0 Å². The van der Waals surface area contributed by atoms with Crippen molar-refractivity contribution in [3.8, 4) is 0 Å². The third-order valence-corrected chi connectivity index (χ3v) is 4.67. The highest BCUT2D eigenvalue weighted by atomic mass is 32.2. The van der Waals surface area contributed by atoms with Crippen LogP contribution in [0.3, 0.4) is 0 Å². The number of nitrogens with zero attached hydrogens (tertiary/aromatic N) is 1. The molecule has 1 aromatic carbocycles. The van der Waals surface area contributed by atoms with Gasteiger partial charge in [-0.3, -0.25) is 4.79 Å². The summed E-state index contributed by atoms with van der Waals surface area (Å²) < 4.78 is 0. The van der Waals surface area contributed by atoms with Gasteiger partial charge in [0.2, 0.25) is 5.91 Å². The van der Waals surface area contributed by atoms with Crippen molar-refractivity contribution < 1.29 is 4.79 Å². The van der Waals surface area contributed by atoms with Gasteiger partial charge in [-0.2, -0.15) is 0 Å². The fourth-order valence-electron chi connectivity index (χ4n) is 2.72. The second kappa shape index (κ2) is 7.14. The number of amides is 1. The lowest BCUT2D eigenvalue weighted by Crippen LogP contribution is -2.37. The van der Waals surface area contributed by atoms with Crippen LogP contribution in [0.1, 0.15) is 26.7 Å². The molecule has 0 bridgehead atoms. The van der Waals surface area contributed by atoms with Crippen molar-refractivity contribution >= 4 is 23.4 Å². The van der Waals surface area contributed by atoms with Crippen LogP contribution >= 0.6 is 11.8 Å². The number of thioether (sulfide) groups is 1. The van der Waals surface area contributed by atoms with Crippen LogP contribution in [0, 0.1) is 11.8 Å². The Morgan fingerprint density at radius 2 is 2.15 bits per heavy atom. The SMILES string of the molecule is CC(C)CC(CN)CC(=O)N1CCSc2ccccc21. The number of hydrogen-bond donors (Lipinski definition) is 1. The van der Waals surface area contributed by atoms with Gasteiger partial charge in [0, 0.05) is 23.6 Å². The summed E-state index contributed by atoms with van der Waals surface area (Å²) in [5.41, 5.74) is 6.88. The van der Waals surface area contributed by atoms with Crippen LogP contribution < -0.4 is 10.6 Å². The predicted molar refractivity (Wildman–Crippen MR) is 86.1 cm³/mol. The lowest BCUT2D eigenvalue weighted by atomic mass is 9.93. The second-order valence-electron chi connectivity index (χ2n) is 5.80. The molecule has 0 radical (unpaired) electrons. The molecule has 2 rings (SSSR count). The summed E-state index contributed by atoms with van der Waals surface area (Å²) in [5, 5.41) is 0. The van der Waals surface area contributed by atoms with E-state index in [4.69, 9.17) is 5.73 Å². The molecule has 1 aliphatic rings. The van der Waals surface area contributed by atoms with Crippen molar-refractivity contribution in [2.45, 2.75) is 31.6 Å². The van der Waals surface area contributed by atoms with E-state index in [1.54, 1.807) is 0 Å². The molecule has 3 nitrogen and oxygen atoms in total. The van der Waals surface area contributed by atoms with Gasteiger partial charge in [-0.05, 0) is 36.9 Å². The fourth-order valence-corrected chi connectivity index (χ4v) is 3.71. The number of nitrogens with two attached hydrogens (primary N) is 1. The van der Waals surface area contributed by atoms with Gasteiger partial charge < -0.3 is 10.6 Å². The zero-order valence-corrected chi connectivity index (χ0v) is 13.2. The molecular weight excluding hydrogens is 268 g/mol. The number of carbonyl (C=O) groups is 1. The monoisotopic (exact) mass is 292 g/mol. The molecular formula is C16H24N2OS. The molecule has 1 unspecified atom stereocenters. The molecule has 0 saturated heterocycles. The van der Waals surface area contributed by atoms with E-state index in [0.717, 1.165) is 24.4 Å². The van der Waals surface area contributed by atoms with Crippen molar-refractivity contribution in [2.75, 3.05) is 23.7 Å². The van der Waals surface area contributed by atoms with E-state index in [0.29, 0.717) is 24.8 Å². The van der Waals surface area contributed by atoms with Gasteiger partial charge in [0.25, 0.3) is 0 Å². The van der Waals surface area contributed by atoms with Crippen molar-refractivity contribution in [3.05, 3.63) is 24.3 Å². The molecule has 0 aromatic heterocycles. The van der Waals surface area contributed by atoms with E-state index in [9.17, 15) is 4.79 Å². The van der Waals surface area contributed by atoms with Gasteiger partial charge in [-0.15, -0.1) is 11.8 Å². The number of carbonyl (C=O) groups excluding carboxylic acids is 1. The van der Waals surface area contributed by atoms with E-state index in [1.165, 1.54) is 4.90 Å². The van der Waals surface area contributed by atoms with Crippen molar-refractivity contribution in [1.29, 1.82) is 0 Å². The normalized spacial score (nSPS) is 16.1. The second-order valence-corrected chi connectivity index (χ2v) is 6.93. The maximum atomic E-state index is 12.6. The van der Waals surface area contributed by atoms with Crippen LogP contribution in [0.15, 0.2) is 29.2 Å². The highest BCUT2D eigenvalue weighted by Gasteiger charge is 2.24. The Bertz CT molecular complexity index is 462. The molecule has 1 atom stereocenters. The van der Waals surface area contributed by atoms with E-state index in [1.807, 2.05) is 34.9 Å². The zero-order valence-electron chi connectivity index (χ0n) is 12.3. The summed E-state index contributed by atoms with van der Waals surface area (Å²) in [7, 11) is 0. The summed E-state index contributed by atoms with van der Waals surface area (Å²) >= 11 is 1.83. The Morgan fingerprint density at radius 1 is 1.40 bits per heavy atom. The van der Waals surface area contributed by atoms with E-state index in [2.05, 4.69) is 19.9 Å². The van der Waals surface area contributed by atoms with E-state index < -0.39 is 0 Å². The van der Waals surface area contributed by atoms with E-state index in [-0.39, 0.29) is 5.91 Å². The average Bonchev–Trinajstić information content (AvgIpc) is 2.45. The largest absolute Gasteiger partial charge is 0.330 e. The first-order valence-electron chi connectivity index (χ1n) is 7.34. The molecule has 1 aliphatic heterocycles. The molecule has 4 heteroatoms. The summed E-state index contributed by atoms with van der Waals surface area (Å²) in [4.78, 5) is 15.7. The van der Waals surface area contributed by atoms with E-state index >= 15 is 0 Å². The van der Waals surface area contributed by atoms with Gasteiger partial charge in [-0.1, -0.05) is 26.0 Å². The van der Waals surface area contributed by atoms with Crippen LogP contribution in [-0.4, -0.2) is 24.7 Å². The van der Waals surface area contributed by atoms with Crippen molar-refractivity contribution in [3.63, 3.8) is 0 Å². The number of rotatable bonds is 5. The maximum absolute atomic E-state index is 12.6. The first-order valence-corrected chi connectivity index (χ1v) is 8.32. The summed E-state index contributed by atoms with van der Waals surface area (Å²) in [6.07, 6.45) is 1.58. The van der Waals surface area contributed by atoms with Gasteiger partial charge in [0.1, 0.15) is 0 Å². The van der Waals surface area contributed by atoms with Crippen molar-refractivity contribution in [1.82, 2.24) is 0 Å². The minimum absolute atomic E-state index is 0.217. The third kappa shape index (κ3) is 3.76. The average molecular weight is 292 g/mol. The van der Waals surface area contributed by atoms with Crippen LogP contribution in [0.25, 0.3) is 0 Å². The predicted octanol–water partition coefficient (Wildman–Crippen LogP) is 3.14. The highest BCUT2D eigenvalue weighted by molar-refractivity contribution is 7.99. The molecule has 0 spiro atoms. The van der Waals surface area contributed by atoms with Gasteiger partial charge in [0.15, 0.2) is 0 Å². The molecule has 0 aliphatic carbocycles. The molecule has 0 fully saturated rings. The molecule has 110 valence electrons. The Labute approximate surface area is 125 Å². The molecule has 20 heavy (non-hydrogen) atoms. The molecule has 0 saturated carbocycles. The molecule has 1 aromatic rings. The lowest BCUT2D eigenvalue weighted by molar-refractivity contribution is -0.119. The van der Waals surface area contributed by atoms with Crippen molar-refractivity contribution in [2.24, 2.45) is 17.6 Å². The summed E-state index contributed by atoms with van der Waals surface area (Å²) in [6, 6.07) is 8.16. The highest BCUT2D eigenvalue weighted by Crippen LogP contribution is 2.35. The summed E-state index contributed by atoms with van der Waals surface area (Å²) in [5.74, 6) is 2.07. The molecule has 2 N–H and O–H groups in total. The van der Waals surface area contributed by atoms with Gasteiger partial charge >= 0.3 is 0 Å². The number of fused-ring (bicyclic) bond motifs is 1. The van der Waals surface area contributed by atoms with Crippen LogP contribution in [-0.2, 0) is 4.79 Å². The maximum Gasteiger partial charge on any atom is 0.227 e. The number of para-hydroxylation sites is 1. The molecule has 1 amide bonds. The van der Waals surface area contributed by atoms with Crippen LogP contribution in [0.5, 0.6) is 0 Å². The topological polar surface area (TPSA) is 46.3 Å². The number of benzene rings is 1. The minimum Gasteiger partial charge on any atom is -0.330 e.